The Kier molecular flexibility index (Phi) is 9.67. The molecule has 1 amide bonds. The maximum atomic E-state index is 12.2. The van der Waals surface area contributed by atoms with E-state index in [-0.39, 0.29) is 12.3 Å². The zero-order valence-corrected chi connectivity index (χ0v) is 18.0. The Morgan fingerprint density at radius 1 is 1.26 bits per heavy atom. The van der Waals surface area contributed by atoms with Gasteiger partial charge in [-0.25, -0.2) is 0 Å². The fourth-order valence-corrected chi connectivity index (χ4v) is 2.65. The first-order chi connectivity index (χ1) is 12.8. The van der Waals surface area contributed by atoms with Crippen LogP contribution in [0.25, 0.3) is 0 Å². The Hall–Kier alpha value is -2.25. The number of nitrogens with zero attached hydrogens (tertiary/aromatic N) is 2. The van der Waals surface area contributed by atoms with Crippen LogP contribution in [0.1, 0.15) is 33.1 Å². The molecule has 0 aromatic heterocycles. The molecule has 7 heteroatoms. The van der Waals surface area contributed by atoms with Gasteiger partial charge in [-0.1, -0.05) is 67.5 Å². The topological polar surface area (TPSA) is 47.6 Å². The van der Waals surface area contributed by atoms with Gasteiger partial charge in [-0.05, 0) is 32.3 Å². The van der Waals surface area contributed by atoms with E-state index in [4.69, 9.17) is 24.4 Å². The molecule has 0 fully saturated rings. The van der Waals surface area contributed by atoms with Crippen LogP contribution in [0.15, 0.2) is 59.9 Å². The summed E-state index contributed by atoms with van der Waals surface area (Å²) in [6.45, 7) is 7.74. The first-order valence-corrected chi connectivity index (χ1v) is 9.54. The van der Waals surface area contributed by atoms with Crippen molar-refractivity contribution in [1.29, 1.82) is 0 Å². The van der Waals surface area contributed by atoms with Gasteiger partial charge in [0, 0.05) is 25.4 Å². The molecule has 1 aliphatic carbocycles. The normalized spacial score (nSPS) is 13.8. The molecule has 0 aromatic rings. The van der Waals surface area contributed by atoms with Crippen LogP contribution in [0.5, 0.6) is 0 Å². The molecule has 0 spiro atoms. The van der Waals surface area contributed by atoms with E-state index in [1.54, 1.807) is 12.1 Å². The molecular weight excluding hydrogens is 376 g/mol. The van der Waals surface area contributed by atoms with Gasteiger partial charge >= 0.3 is 0 Å². The van der Waals surface area contributed by atoms with Crippen LogP contribution in [0.4, 0.5) is 0 Å². The minimum atomic E-state index is -0.215. The molecule has 146 valence electrons. The van der Waals surface area contributed by atoms with Crippen LogP contribution in [0, 0.1) is 0 Å². The lowest BCUT2D eigenvalue weighted by Crippen LogP contribution is -2.44. The van der Waals surface area contributed by atoms with Crippen molar-refractivity contribution in [2.45, 2.75) is 33.1 Å². The van der Waals surface area contributed by atoms with Crippen molar-refractivity contribution < 1.29 is 4.79 Å². The molecule has 1 rings (SSSR count). The number of rotatable bonds is 7. The maximum absolute atomic E-state index is 12.2. The maximum Gasteiger partial charge on any atom is 0.244 e. The first kappa shape index (κ1) is 22.8. The SMILES string of the molecule is C=C(CC(=O)NN(C)C(=S)/C(C)=C/C=C\C)NN(C)C(=S)C1=CCCC=C1. The molecule has 0 radical (unpaired) electrons. The van der Waals surface area contributed by atoms with Gasteiger partial charge in [-0.2, -0.15) is 0 Å². The van der Waals surface area contributed by atoms with Crippen molar-refractivity contribution >= 4 is 40.3 Å². The summed E-state index contributed by atoms with van der Waals surface area (Å²) >= 11 is 10.8. The largest absolute Gasteiger partial charge is 0.302 e. The molecule has 2 N–H and O–H groups in total. The lowest BCUT2D eigenvalue weighted by molar-refractivity contribution is -0.123. The number of likely N-dealkylation sites (N-methyl/N-ethyl adjacent to an activating group) is 2. The van der Waals surface area contributed by atoms with Crippen LogP contribution < -0.4 is 10.9 Å². The zero-order valence-electron chi connectivity index (χ0n) is 16.4. The van der Waals surface area contributed by atoms with E-state index in [1.807, 2.05) is 45.2 Å². The van der Waals surface area contributed by atoms with Gasteiger partial charge < -0.3 is 5.43 Å². The standard InChI is InChI=1S/C20H28N4OS2/c1-6-7-11-15(2)19(26)23(4)22-18(25)14-16(3)21-24(5)20(27)17-12-9-8-10-13-17/h6-7,9,11-13,21H,3,8,10,14H2,1-2,4-5H3,(H,22,25)/b7-6-,15-11+. The fraction of sp³-hybridized carbons (Fsp3) is 0.350. The average Bonchev–Trinajstić information content (AvgIpc) is 2.64. The highest BCUT2D eigenvalue weighted by atomic mass is 32.1. The number of hydrogen-bond acceptors (Lipinski definition) is 4. The lowest BCUT2D eigenvalue weighted by Gasteiger charge is -2.25. The summed E-state index contributed by atoms with van der Waals surface area (Å²) in [6.07, 6.45) is 14.1. The predicted molar refractivity (Wildman–Crippen MR) is 121 cm³/mol. The smallest absolute Gasteiger partial charge is 0.244 e. The molecule has 0 atom stereocenters. The number of allylic oxidation sites excluding steroid dienone is 5. The van der Waals surface area contributed by atoms with E-state index in [0.29, 0.717) is 15.7 Å². The third-order valence-electron chi connectivity index (χ3n) is 3.72. The summed E-state index contributed by atoms with van der Waals surface area (Å²) in [4.78, 5) is 13.5. The molecule has 0 aromatic carbocycles. The van der Waals surface area contributed by atoms with Crippen molar-refractivity contribution in [1.82, 2.24) is 20.9 Å². The molecule has 27 heavy (non-hydrogen) atoms. The first-order valence-electron chi connectivity index (χ1n) is 8.72. The summed E-state index contributed by atoms with van der Waals surface area (Å²) in [7, 11) is 3.53. The molecule has 0 saturated heterocycles. The number of nitrogens with one attached hydrogen (secondary N) is 2. The van der Waals surface area contributed by atoms with Crippen LogP contribution in [-0.4, -0.2) is 40.0 Å². The summed E-state index contributed by atoms with van der Waals surface area (Å²) in [5.74, 6) is -0.215. The van der Waals surface area contributed by atoms with Gasteiger partial charge in [0.25, 0.3) is 0 Å². The summed E-state index contributed by atoms with van der Waals surface area (Å²) in [5.41, 5.74) is 8.23. The van der Waals surface area contributed by atoms with E-state index < -0.39 is 0 Å². The van der Waals surface area contributed by atoms with E-state index in [1.165, 1.54) is 5.01 Å². The minimum Gasteiger partial charge on any atom is -0.302 e. The Morgan fingerprint density at radius 3 is 2.56 bits per heavy atom. The summed E-state index contributed by atoms with van der Waals surface area (Å²) in [6, 6.07) is 0. The van der Waals surface area contributed by atoms with Gasteiger partial charge in [0.15, 0.2) is 0 Å². The third-order valence-corrected chi connectivity index (χ3v) is 4.82. The van der Waals surface area contributed by atoms with Crippen LogP contribution >= 0.6 is 24.4 Å². The van der Waals surface area contributed by atoms with Gasteiger partial charge in [-0.3, -0.25) is 20.2 Å². The van der Waals surface area contributed by atoms with Crippen molar-refractivity contribution in [3.8, 4) is 0 Å². The quantitative estimate of drug-likeness (QED) is 0.292. The zero-order chi connectivity index (χ0) is 20.4. The molecule has 5 nitrogen and oxygen atoms in total. The molecule has 0 heterocycles. The highest BCUT2D eigenvalue weighted by Gasteiger charge is 2.14. The second kappa shape index (κ2) is 11.5. The summed E-state index contributed by atoms with van der Waals surface area (Å²) < 4.78 is 0. The van der Waals surface area contributed by atoms with Gasteiger partial charge in [0.1, 0.15) is 9.98 Å². The Bertz CT molecular complexity index is 719. The molecule has 0 saturated carbocycles. The Labute approximate surface area is 173 Å². The van der Waals surface area contributed by atoms with Crippen molar-refractivity contribution in [2.75, 3.05) is 14.1 Å². The van der Waals surface area contributed by atoms with E-state index in [0.717, 1.165) is 24.0 Å². The third kappa shape index (κ3) is 7.88. The number of hydrogen-bond donors (Lipinski definition) is 2. The Balaban J connectivity index is 2.50. The number of carbonyl (C=O) groups is 1. The Morgan fingerprint density at radius 2 is 1.96 bits per heavy atom. The van der Waals surface area contributed by atoms with Gasteiger partial charge in [0.05, 0.1) is 6.42 Å². The molecule has 0 bridgehead atoms. The van der Waals surface area contributed by atoms with Crippen LogP contribution in [0.3, 0.4) is 0 Å². The second-order valence-electron chi connectivity index (χ2n) is 6.17. The summed E-state index contributed by atoms with van der Waals surface area (Å²) in [5, 5.41) is 3.23. The number of amides is 1. The number of thiocarbonyl (C=S) groups is 2. The van der Waals surface area contributed by atoms with E-state index in [2.05, 4.69) is 29.6 Å². The highest BCUT2D eigenvalue weighted by Crippen LogP contribution is 2.13. The van der Waals surface area contributed by atoms with Gasteiger partial charge in [0.2, 0.25) is 5.91 Å². The monoisotopic (exact) mass is 404 g/mol. The predicted octanol–water partition coefficient (Wildman–Crippen LogP) is 3.74. The highest BCUT2D eigenvalue weighted by molar-refractivity contribution is 7.81. The average molecular weight is 405 g/mol. The van der Waals surface area contributed by atoms with Crippen LogP contribution in [0.2, 0.25) is 0 Å². The molecule has 1 aliphatic rings. The van der Waals surface area contributed by atoms with Crippen molar-refractivity contribution in [3.05, 3.63) is 59.9 Å². The minimum absolute atomic E-state index is 0.104. The van der Waals surface area contributed by atoms with Crippen molar-refractivity contribution in [2.24, 2.45) is 0 Å². The number of carbonyl (C=O) groups excluding carboxylic acids is 1. The van der Waals surface area contributed by atoms with Gasteiger partial charge in [-0.15, -0.1) is 0 Å². The molecule has 0 aliphatic heterocycles. The van der Waals surface area contributed by atoms with Crippen molar-refractivity contribution in [3.63, 3.8) is 0 Å². The van der Waals surface area contributed by atoms with E-state index >= 15 is 0 Å². The van der Waals surface area contributed by atoms with E-state index in [9.17, 15) is 4.79 Å². The lowest BCUT2D eigenvalue weighted by atomic mass is 10.1. The molecular formula is C20H28N4OS2. The molecule has 0 unspecified atom stereocenters. The van der Waals surface area contributed by atoms with Crippen LogP contribution in [-0.2, 0) is 4.79 Å². The fourth-order valence-electron chi connectivity index (χ4n) is 2.34. The number of hydrazine groups is 2. The second-order valence-corrected chi connectivity index (χ2v) is 6.94.